The topological polar surface area (TPSA) is 98.0 Å². The van der Waals surface area contributed by atoms with Crippen LogP contribution < -0.4 is 15.8 Å². The van der Waals surface area contributed by atoms with Crippen molar-refractivity contribution in [2.75, 3.05) is 12.3 Å². The minimum atomic E-state index is -0.309. The Labute approximate surface area is 246 Å². The molecule has 42 heavy (non-hydrogen) atoms. The number of carbonyl (C=O) groups excluding carboxylic acids is 1. The lowest BCUT2D eigenvalue weighted by Gasteiger charge is -2.10. The lowest BCUT2D eigenvalue weighted by molar-refractivity contribution is 0.103. The van der Waals surface area contributed by atoms with Gasteiger partial charge in [0, 0.05) is 17.3 Å². The molecule has 2 unspecified atom stereocenters. The number of nitrogens with zero attached hydrogens (tertiary/aromatic N) is 2. The smallest absolute Gasteiger partial charge is 0.214 e. The van der Waals surface area contributed by atoms with Gasteiger partial charge in [-0.05, 0) is 99.6 Å². The van der Waals surface area contributed by atoms with E-state index >= 15 is 0 Å². The quantitative estimate of drug-likeness (QED) is 0.240. The molecular weight excluding hydrogens is 529 g/mol. The Morgan fingerprint density at radius 3 is 2.88 bits per heavy atom. The molecule has 2 aliphatic rings. The summed E-state index contributed by atoms with van der Waals surface area (Å²) in [5, 5.41) is 7.93. The zero-order valence-corrected chi connectivity index (χ0v) is 24.1. The highest BCUT2D eigenvalue weighted by molar-refractivity contribution is 6.11. The second kappa shape index (κ2) is 13.5. The number of halogens is 1. The zero-order chi connectivity index (χ0) is 29.5. The number of rotatable bonds is 9. The highest BCUT2D eigenvalue weighted by atomic mass is 19.1. The van der Waals surface area contributed by atoms with Crippen LogP contribution in [0.4, 0.5) is 10.2 Å². The van der Waals surface area contributed by atoms with Gasteiger partial charge in [0.15, 0.2) is 0 Å². The van der Waals surface area contributed by atoms with Gasteiger partial charge in [-0.1, -0.05) is 37.3 Å². The number of hydrogen-bond donors (Lipinski definition) is 3. The van der Waals surface area contributed by atoms with Crippen LogP contribution in [-0.4, -0.2) is 33.1 Å². The molecule has 1 aliphatic heterocycles. The molecule has 4 N–H and O–H groups in total. The molecule has 2 aromatic heterocycles. The summed E-state index contributed by atoms with van der Waals surface area (Å²) in [6.45, 7) is 5.26. The fourth-order valence-corrected chi connectivity index (χ4v) is 5.34. The third-order valence-electron chi connectivity index (χ3n) is 7.82. The van der Waals surface area contributed by atoms with Crippen LogP contribution in [0.15, 0.2) is 79.0 Å². The van der Waals surface area contributed by atoms with E-state index in [0.717, 1.165) is 55.0 Å². The molecule has 218 valence electrons. The van der Waals surface area contributed by atoms with Gasteiger partial charge >= 0.3 is 0 Å². The first-order chi connectivity index (χ1) is 20.5. The molecule has 0 amide bonds. The van der Waals surface area contributed by atoms with Gasteiger partial charge in [0.25, 0.3) is 0 Å². The molecular formula is C34H38FN5O2. The minimum absolute atomic E-state index is 0.228. The number of anilines is 1. The number of nitrogens with two attached hydrogens (primary N) is 1. The van der Waals surface area contributed by atoms with Crippen LogP contribution in [0.1, 0.15) is 72.4 Å². The fourth-order valence-electron chi connectivity index (χ4n) is 5.34. The summed E-state index contributed by atoms with van der Waals surface area (Å²) in [5.41, 5.74) is 10.2. The Kier molecular flexibility index (Phi) is 9.34. The Morgan fingerprint density at radius 1 is 1.19 bits per heavy atom. The van der Waals surface area contributed by atoms with Crippen molar-refractivity contribution in [2.24, 2.45) is 5.92 Å². The van der Waals surface area contributed by atoms with Gasteiger partial charge in [-0.2, -0.15) is 5.10 Å². The molecule has 0 radical (unpaired) electrons. The first-order valence-corrected chi connectivity index (χ1v) is 14.6. The molecule has 3 aromatic rings. The van der Waals surface area contributed by atoms with Gasteiger partial charge < -0.3 is 20.8 Å². The molecule has 1 aliphatic carbocycles. The number of ketones is 1. The van der Waals surface area contributed by atoms with E-state index in [2.05, 4.69) is 41.4 Å². The second-order valence-electron chi connectivity index (χ2n) is 10.7. The first kappa shape index (κ1) is 29.1. The maximum absolute atomic E-state index is 13.5. The molecule has 0 spiro atoms. The van der Waals surface area contributed by atoms with Gasteiger partial charge in [0.2, 0.25) is 5.78 Å². The predicted molar refractivity (Wildman–Crippen MR) is 167 cm³/mol. The van der Waals surface area contributed by atoms with Gasteiger partial charge in [0.05, 0.1) is 29.5 Å². The number of aromatic nitrogens is 3. The summed E-state index contributed by atoms with van der Waals surface area (Å²) < 4.78 is 20.9. The molecule has 8 heteroatoms. The minimum Gasteiger partial charge on any atom is -0.457 e. The molecule has 1 saturated heterocycles. The number of hydrogen-bond acceptors (Lipinski definition) is 5. The summed E-state index contributed by atoms with van der Waals surface area (Å²) in [4.78, 5) is 16.7. The summed E-state index contributed by atoms with van der Waals surface area (Å²) in [6, 6.07) is 10.1. The monoisotopic (exact) mass is 567 g/mol. The Hall–Kier alpha value is -4.43. The standard InChI is InChI=1S/C34H38FN5O2/c1-3-25-7-4-5-10-32(25)42-28-9-6-8-27(14-15-28)40-34(36)29(22-38-40)33(41)31-21-26(17-19-35)30(39-31)16-13-24-12-11-23(2)37-20-18-24/h4-5,7-10,13-17,19,21-24,37,39H,3,6,11-12,18,20,36H2,1-2H3/b16-13+,19-17+. The second-order valence-corrected chi connectivity index (χ2v) is 10.7. The average molecular weight is 568 g/mol. The highest BCUT2D eigenvalue weighted by Gasteiger charge is 2.21. The number of nitrogen functional groups attached to an aromatic ring is 1. The van der Waals surface area contributed by atoms with E-state index in [4.69, 9.17) is 10.5 Å². The van der Waals surface area contributed by atoms with Crippen molar-refractivity contribution in [1.82, 2.24) is 20.1 Å². The molecule has 5 rings (SSSR count). The van der Waals surface area contributed by atoms with E-state index in [1.807, 2.05) is 48.6 Å². The van der Waals surface area contributed by atoms with Crippen molar-refractivity contribution in [3.63, 3.8) is 0 Å². The Bertz CT molecular complexity index is 1570. The maximum atomic E-state index is 13.5. The lowest BCUT2D eigenvalue weighted by Crippen LogP contribution is -2.24. The number of allylic oxidation sites excluding steroid dienone is 6. The van der Waals surface area contributed by atoms with Gasteiger partial charge in [-0.25, -0.2) is 9.07 Å². The van der Waals surface area contributed by atoms with E-state index in [1.165, 1.54) is 12.3 Å². The predicted octanol–water partition coefficient (Wildman–Crippen LogP) is 7.08. The number of nitrogens with one attached hydrogen (secondary N) is 2. The molecule has 0 bridgehead atoms. The summed E-state index contributed by atoms with van der Waals surface area (Å²) in [5.74, 6) is 1.89. The number of ether oxygens (including phenoxy) is 1. The van der Waals surface area contributed by atoms with Crippen molar-refractivity contribution in [1.29, 1.82) is 0 Å². The van der Waals surface area contributed by atoms with Crippen LogP contribution in [0.5, 0.6) is 5.75 Å². The van der Waals surface area contributed by atoms with Crippen molar-refractivity contribution >= 4 is 29.5 Å². The van der Waals surface area contributed by atoms with Crippen LogP contribution in [0, 0.1) is 5.92 Å². The van der Waals surface area contributed by atoms with Crippen molar-refractivity contribution in [2.45, 2.75) is 52.0 Å². The third kappa shape index (κ3) is 6.71. The molecule has 0 saturated carbocycles. The largest absolute Gasteiger partial charge is 0.457 e. The molecule has 7 nitrogen and oxygen atoms in total. The number of H-pyrrole nitrogens is 1. The van der Waals surface area contributed by atoms with Crippen molar-refractivity contribution in [3.8, 4) is 5.75 Å². The Balaban J connectivity index is 1.32. The molecule has 1 aromatic carbocycles. The summed E-state index contributed by atoms with van der Waals surface area (Å²) in [6.07, 6.45) is 19.8. The number of benzene rings is 1. The SMILES string of the molecule is CCc1ccccc1OC1=CCC=C(n2ncc(C(=O)c3cc(/C=C/F)c(/C=C/C4CCNC(C)CC4)[nH]3)c2N)C=C1. The normalized spacial score (nSPS) is 19.5. The maximum Gasteiger partial charge on any atom is 0.214 e. The van der Waals surface area contributed by atoms with Crippen LogP contribution in [0.2, 0.25) is 0 Å². The highest BCUT2D eigenvalue weighted by Crippen LogP contribution is 2.27. The number of carbonyl (C=O) groups is 1. The number of para-hydroxylation sites is 1. The van der Waals surface area contributed by atoms with E-state index < -0.39 is 0 Å². The number of aryl methyl sites for hydroxylation is 1. The van der Waals surface area contributed by atoms with E-state index in [0.29, 0.717) is 41.7 Å². The Morgan fingerprint density at radius 2 is 2.05 bits per heavy atom. The summed E-state index contributed by atoms with van der Waals surface area (Å²) >= 11 is 0. The van der Waals surface area contributed by atoms with E-state index in [9.17, 15) is 9.18 Å². The van der Waals surface area contributed by atoms with E-state index in [1.54, 1.807) is 10.7 Å². The zero-order valence-electron chi connectivity index (χ0n) is 24.1. The fraction of sp³-hybridized carbons (Fsp3) is 0.294. The average Bonchev–Trinajstić information content (AvgIpc) is 3.40. The van der Waals surface area contributed by atoms with E-state index in [-0.39, 0.29) is 17.2 Å². The van der Waals surface area contributed by atoms with Gasteiger partial charge in [-0.15, -0.1) is 0 Å². The molecule has 1 fully saturated rings. The lowest BCUT2D eigenvalue weighted by atomic mass is 9.98. The van der Waals surface area contributed by atoms with Crippen LogP contribution in [0.3, 0.4) is 0 Å². The van der Waals surface area contributed by atoms with Gasteiger partial charge in [0.1, 0.15) is 17.3 Å². The van der Waals surface area contributed by atoms with Crippen LogP contribution in [-0.2, 0) is 6.42 Å². The first-order valence-electron chi connectivity index (χ1n) is 14.6. The molecule has 2 atom stereocenters. The van der Waals surface area contributed by atoms with Crippen LogP contribution >= 0.6 is 0 Å². The van der Waals surface area contributed by atoms with Gasteiger partial charge in [-0.3, -0.25) is 4.79 Å². The summed E-state index contributed by atoms with van der Waals surface area (Å²) in [7, 11) is 0. The van der Waals surface area contributed by atoms with Crippen molar-refractivity contribution < 1.29 is 13.9 Å². The van der Waals surface area contributed by atoms with Crippen LogP contribution in [0.25, 0.3) is 17.8 Å². The van der Waals surface area contributed by atoms with Crippen molar-refractivity contribution in [3.05, 3.63) is 107 Å². The molecule has 3 heterocycles. The number of aromatic amines is 1. The third-order valence-corrected chi connectivity index (χ3v) is 7.82.